The first-order chi connectivity index (χ1) is 9.70. The quantitative estimate of drug-likeness (QED) is 0.807. The molecular weight excluding hydrogens is 272 g/mol. The van der Waals surface area contributed by atoms with Gasteiger partial charge in [0.25, 0.3) is 0 Å². The van der Waals surface area contributed by atoms with Crippen LogP contribution in [0.15, 0.2) is 52.5 Å². The molecule has 0 radical (unpaired) electrons. The Morgan fingerprint density at radius 3 is 2.80 bits per heavy atom. The van der Waals surface area contributed by atoms with Crippen LogP contribution in [0.3, 0.4) is 0 Å². The molecule has 20 heavy (non-hydrogen) atoms. The van der Waals surface area contributed by atoms with Crippen molar-refractivity contribution in [3.63, 3.8) is 0 Å². The van der Waals surface area contributed by atoms with E-state index in [0.29, 0.717) is 10.6 Å². The Morgan fingerprint density at radius 1 is 1.35 bits per heavy atom. The third-order valence-corrected chi connectivity index (χ3v) is 3.52. The van der Waals surface area contributed by atoms with Crippen LogP contribution in [0.4, 0.5) is 0 Å². The van der Waals surface area contributed by atoms with Crippen molar-refractivity contribution in [2.45, 2.75) is 16.8 Å². The van der Waals surface area contributed by atoms with Crippen molar-refractivity contribution in [3.05, 3.63) is 53.7 Å². The fraction of sp³-hybridized carbons (Fsp3) is 0.133. The van der Waals surface area contributed by atoms with Crippen LogP contribution in [-0.2, 0) is 4.74 Å². The van der Waals surface area contributed by atoms with Crippen LogP contribution in [0.2, 0.25) is 0 Å². The van der Waals surface area contributed by atoms with Crippen molar-refractivity contribution in [3.8, 4) is 6.07 Å². The SMILES string of the molecule is Cc1ccc(Sc2ncccc2C(=O)OCC#N)cc1. The summed E-state index contributed by atoms with van der Waals surface area (Å²) in [4.78, 5) is 17.0. The molecular formula is C15H12N2O2S. The largest absolute Gasteiger partial charge is 0.447 e. The minimum atomic E-state index is -0.533. The maximum Gasteiger partial charge on any atom is 0.341 e. The second-order valence-corrected chi connectivity index (χ2v) is 5.07. The lowest BCUT2D eigenvalue weighted by molar-refractivity contribution is 0.0550. The van der Waals surface area contributed by atoms with Crippen LogP contribution in [0.1, 0.15) is 15.9 Å². The molecule has 1 aromatic carbocycles. The summed E-state index contributed by atoms with van der Waals surface area (Å²) in [5.74, 6) is -0.533. The lowest BCUT2D eigenvalue weighted by atomic mass is 10.2. The first-order valence-electron chi connectivity index (χ1n) is 5.94. The lowest BCUT2D eigenvalue weighted by Gasteiger charge is -2.07. The Balaban J connectivity index is 2.21. The normalized spacial score (nSPS) is 9.80. The Labute approximate surface area is 121 Å². The fourth-order valence-corrected chi connectivity index (χ4v) is 2.39. The van der Waals surface area contributed by atoms with Crippen LogP contribution < -0.4 is 0 Å². The van der Waals surface area contributed by atoms with Crippen LogP contribution in [0.5, 0.6) is 0 Å². The molecule has 2 aromatic rings. The van der Waals surface area contributed by atoms with E-state index in [2.05, 4.69) is 4.98 Å². The second kappa shape index (κ2) is 6.73. The molecule has 4 nitrogen and oxygen atoms in total. The van der Waals surface area contributed by atoms with E-state index in [1.54, 1.807) is 24.4 Å². The molecule has 2 rings (SSSR count). The highest BCUT2D eigenvalue weighted by atomic mass is 32.2. The van der Waals surface area contributed by atoms with E-state index in [1.165, 1.54) is 17.3 Å². The summed E-state index contributed by atoms with van der Waals surface area (Å²) in [6.45, 7) is 1.75. The van der Waals surface area contributed by atoms with Gasteiger partial charge in [-0.1, -0.05) is 29.5 Å². The topological polar surface area (TPSA) is 63.0 Å². The number of hydrogen-bond donors (Lipinski definition) is 0. The number of carbonyl (C=O) groups is 1. The van der Waals surface area contributed by atoms with E-state index < -0.39 is 5.97 Å². The smallest absolute Gasteiger partial charge is 0.341 e. The van der Waals surface area contributed by atoms with E-state index >= 15 is 0 Å². The number of nitriles is 1. The van der Waals surface area contributed by atoms with Gasteiger partial charge in [-0.3, -0.25) is 0 Å². The fourth-order valence-electron chi connectivity index (χ4n) is 1.52. The standard InChI is InChI=1S/C15H12N2O2S/c1-11-4-6-12(7-5-11)20-14-13(3-2-9-17-14)15(18)19-10-8-16/h2-7,9H,10H2,1H3. The summed E-state index contributed by atoms with van der Waals surface area (Å²) in [6, 6.07) is 13.0. The number of benzene rings is 1. The summed E-state index contributed by atoms with van der Waals surface area (Å²) in [7, 11) is 0. The van der Waals surface area contributed by atoms with Gasteiger partial charge in [-0.05, 0) is 31.2 Å². The Bertz CT molecular complexity index is 648. The number of hydrogen-bond acceptors (Lipinski definition) is 5. The molecule has 1 aromatic heterocycles. The number of carbonyl (C=O) groups excluding carboxylic acids is 1. The molecule has 0 aliphatic carbocycles. The zero-order valence-corrected chi connectivity index (χ0v) is 11.7. The van der Waals surface area contributed by atoms with Crippen LogP contribution in [0.25, 0.3) is 0 Å². The highest BCUT2D eigenvalue weighted by molar-refractivity contribution is 7.99. The molecule has 0 spiro atoms. The maximum atomic E-state index is 11.8. The van der Waals surface area contributed by atoms with Gasteiger partial charge < -0.3 is 4.74 Å². The summed E-state index contributed by atoms with van der Waals surface area (Å²) < 4.78 is 4.82. The monoisotopic (exact) mass is 284 g/mol. The molecule has 0 saturated heterocycles. The van der Waals surface area contributed by atoms with E-state index in [4.69, 9.17) is 10.00 Å². The molecule has 1 heterocycles. The molecule has 0 unspecified atom stereocenters. The molecule has 0 amide bonds. The zero-order chi connectivity index (χ0) is 14.4. The number of pyridine rings is 1. The molecule has 5 heteroatoms. The van der Waals surface area contributed by atoms with Crippen LogP contribution in [-0.4, -0.2) is 17.6 Å². The highest BCUT2D eigenvalue weighted by Gasteiger charge is 2.14. The maximum absolute atomic E-state index is 11.8. The minimum Gasteiger partial charge on any atom is -0.447 e. The van der Waals surface area contributed by atoms with E-state index in [0.717, 1.165) is 4.90 Å². The number of nitrogens with zero attached hydrogens (tertiary/aromatic N) is 2. The summed E-state index contributed by atoms with van der Waals surface area (Å²) in [5, 5.41) is 9.01. The molecule has 0 saturated carbocycles. The van der Waals surface area contributed by atoms with E-state index in [1.807, 2.05) is 31.2 Å². The Kier molecular flexibility index (Phi) is 4.75. The first kappa shape index (κ1) is 14.1. The predicted octanol–water partition coefficient (Wildman–Crippen LogP) is 3.22. The highest BCUT2D eigenvalue weighted by Crippen LogP contribution is 2.29. The van der Waals surface area contributed by atoms with Gasteiger partial charge in [0.1, 0.15) is 11.1 Å². The van der Waals surface area contributed by atoms with Gasteiger partial charge in [-0.2, -0.15) is 5.26 Å². The summed E-state index contributed by atoms with van der Waals surface area (Å²) in [6.07, 6.45) is 1.62. The molecule has 0 aliphatic heterocycles. The van der Waals surface area contributed by atoms with Crippen molar-refractivity contribution in [1.82, 2.24) is 4.98 Å². The van der Waals surface area contributed by atoms with Crippen molar-refractivity contribution in [1.29, 1.82) is 5.26 Å². The van der Waals surface area contributed by atoms with E-state index in [9.17, 15) is 4.79 Å². The molecule has 0 atom stereocenters. The summed E-state index contributed by atoms with van der Waals surface area (Å²) >= 11 is 1.39. The lowest BCUT2D eigenvalue weighted by Crippen LogP contribution is -2.07. The third-order valence-electron chi connectivity index (χ3n) is 2.49. The number of esters is 1. The Hall–Kier alpha value is -2.32. The number of ether oxygens (including phenoxy) is 1. The average molecular weight is 284 g/mol. The zero-order valence-electron chi connectivity index (χ0n) is 10.9. The molecule has 0 fully saturated rings. The van der Waals surface area contributed by atoms with Crippen molar-refractivity contribution >= 4 is 17.7 Å². The van der Waals surface area contributed by atoms with Gasteiger partial charge in [0.05, 0.1) is 5.56 Å². The van der Waals surface area contributed by atoms with Crippen molar-refractivity contribution in [2.24, 2.45) is 0 Å². The van der Waals surface area contributed by atoms with Crippen LogP contribution >= 0.6 is 11.8 Å². The predicted molar refractivity (Wildman–Crippen MR) is 75.4 cm³/mol. The van der Waals surface area contributed by atoms with Gasteiger partial charge in [-0.25, -0.2) is 9.78 Å². The van der Waals surface area contributed by atoms with Crippen molar-refractivity contribution < 1.29 is 9.53 Å². The van der Waals surface area contributed by atoms with Crippen molar-refractivity contribution in [2.75, 3.05) is 6.61 Å². The third kappa shape index (κ3) is 3.59. The Morgan fingerprint density at radius 2 is 2.10 bits per heavy atom. The second-order valence-electron chi connectivity index (χ2n) is 4.01. The average Bonchev–Trinajstić information content (AvgIpc) is 2.48. The molecule has 0 N–H and O–H groups in total. The number of aryl methyl sites for hydroxylation is 1. The number of aromatic nitrogens is 1. The van der Waals surface area contributed by atoms with Gasteiger partial charge >= 0.3 is 5.97 Å². The molecule has 100 valence electrons. The molecule has 0 bridgehead atoms. The van der Waals surface area contributed by atoms with Gasteiger partial charge in [0.15, 0.2) is 6.61 Å². The summed E-state index contributed by atoms with van der Waals surface area (Å²) in [5.41, 5.74) is 1.54. The van der Waals surface area contributed by atoms with Gasteiger partial charge in [0, 0.05) is 11.1 Å². The molecule has 0 aliphatic rings. The minimum absolute atomic E-state index is 0.262. The van der Waals surface area contributed by atoms with Gasteiger partial charge in [-0.15, -0.1) is 0 Å². The first-order valence-corrected chi connectivity index (χ1v) is 6.76. The number of rotatable bonds is 4. The van der Waals surface area contributed by atoms with Crippen LogP contribution in [0, 0.1) is 18.3 Å². The van der Waals surface area contributed by atoms with Gasteiger partial charge in [0.2, 0.25) is 0 Å². The van der Waals surface area contributed by atoms with E-state index in [-0.39, 0.29) is 6.61 Å².